The molecule has 0 fully saturated rings. The lowest BCUT2D eigenvalue weighted by atomic mass is 10.1. The normalized spacial score (nSPS) is 10.3. The molecule has 0 saturated carbocycles. The van der Waals surface area contributed by atoms with Gasteiger partial charge in [0, 0.05) is 6.54 Å². The van der Waals surface area contributed by atoms with Crippen molar-refractivity contribution in [2.45, 2.75) is 6.54 Å². The van der Waals surface area contributed by atoms with Crippen LogP contribution < -0.4 is 5.32 Å². The molecule has 0 unspecified atom stereocenters. The highest BCUT2D eigenvalue weighted by molar-refractivity contribution is 9.09. The molecule has 2 rings (SSSR count). The monoisotopic (exact) mass is 277 g/mol. The van der Waals surface area contributed by atoms with Gasteiger partial charge in [-0.15, -0.1) is 0 Å². The van der Waals surface area contributed by atoms with Crippen molar-refractivity contribution in [3.63, 3.8) is 0 Å². The van der Waals surface area contributed by atoms with Gasteiger partial charge >= 0.3 is 0 Å². The average Bonchev–Trinajstić information content (AvgIpc) is 2.35. The number of halogens is 1. The summed E-state index contributed by atoms with van der Waals surface area (Å²) in [4.78, 5) is 11.1. The molecule has 0 saturated heterocycles. The first-order chi connectivity index (χ1) is 7.79. The summed E-state index contributed by atoms with van der Waals surface area (Å²) in [5, 5.41) is 5.60. The minimum Gasteiger partial charge on any atom is -0.351 e. The Balaban J connectivity index is 2.16. The Bertz CT molecular complexity index is 510. The van der Waals surface area contributed by atoms with Crippen LogP contribution in [0.4, 0.5) is 0 Å². The van der Waals surface area contributed by atoms with Crippen LogP contribution in [-0.2, 0) is 11.3 Å². The second-order valence-electron chi connectivity index (χ2n) is 3.59. The summed E-state index contributed by atoms with van der Waals surface area (Å²) >= 11 is 3.12. The number of amides is 1. The number of nitrogens with one attached hydrogen (secondary N) is 1. The first-order valence-electron chi connectivity index (χ1n) is 5.10. The molecule has 16 heavy (non-hydrogen) atoms. The number of alkyl halides is 1. The summed E-state index contributed by atoms with van der Waals surface area (Å²) in [6.07, 6.45) is 0. The first-order valence-corrected chi connectivity index (χ1v) is 6.22. The van der Waals surface area contributed by atoms with Crippen LogP contribution in [0.1, 0.15) is 5.56 Å². The van der Waals surface area contributed by atoms with Crippen LogP contribution in [0.5, 0.6) is 0 Å². The number of hydrogen-bond acceptors (Lipinski definition) is 1. The summed E-state index contributed by atoms with van der Waals surface area (Å²) in [7, 11) is 0. The maximum atomic E-state index is 11.1. The first kappa shape index (κ1) is 11.1. The average molecular weight is 278 g/mol. The van der Waals surface area contributed by atoms with Crippen molar-refractivity contribution in [2.24, 2.45) is 0 Å². The van der Waals surface area contributed by atoms with E-state index in [0.717, 1.165) is 5.56 Å². The lowest BCUT2D eigenvalue weighted by molar-refractivity contribution is -0.118. The topological polar surface area (TPSA) is 29.1 Å². The predicted octanol–water partition coefficient (Wildman–Crippen LogP) is 2.85. The van der Waals surface area contributed by atoms with Crippen molar-refractivity contribution in [3.8, 4) is 0 Å². The molecule has 0 aliphatic heterocycles. The van der Waals surface area contributed by atoms with Crippen molar-refractivity contribution in [1.29, 1.82) is 0 Å². The van der Waals surface area contributed by atoms with E-state index in [4.69, 9.17) is 0 Å². The highest BCUT2D eigenvalue weighted by Gasteiger charge is 1.99. The second-order valence-corrected chi connectivity index (χ2v) is 4.15. The molecule has 0 aliphatic carbocycles. The molecule has 0 atom stereocenters. The third-order valence-electron chi connectivity index (χ3n) is 2.42. The highest BCUT2D eigenvalue weighted by atomic mass is 79.9. The van der Waals surface area contributed by atoms with E-state index in [1.165, 1.54) is 10.8 Å². The lowest BCUT2D eigenvalue weighted by Gasteiger charge is -2.05. The van der Waals surface area contributed by atoms with Crippen molar-refractivity contribution >= 4 is 32.6 Å². The quantitative estimate of drug-likeness (QED) is 0.859. The van der Waals surface area contributed by atoms with Crippen LogP contribution in [0.15, 0.2) is 42.5 Å². The van der Waals surface area contributed by atoms with Gasteiger partial charge in [-0.1, -0.05) is 52.3 Å². The molecular weight excluding hydrogens is 266 g/mol. The van der Waals surface area contributed by atoms with E-state index in [9.17, 15) is 4.79 Å². The van der Waals surface area contributed by atoms with Crippen LogP contribution in [-0.4, -0.2) is 11.2 Å². The Kier molecular flexibility index (Phi) is 3.57. The molecule has 0 aromatic heterocycles. The van der Waals surface area contributed by atoms with Gasteiger partial charge in [0.1, 0.15) is 0 Å². The molecule has 2 aromatic rings. The summed E-state index contributed by atoms with van der Waals surface area (Å²) in [5.74, 6) is 0.00755. The van der Waals surface area contributed by atoms with Crippen LogP contribution >= 0.6 is 15.9 Å². The van der Waals surface area contributed by atoms with Gasteiger partial charge in [-0.2, -0.15) is 0 Å². The van der Waals surface area contributed by atoms with Gasteiger partial charge in [0.05, 0.1) is 5.33 Å². The zero-order valence-corrected chi connectivity index (χ0v) is 10.3. The molecular formula is C13H12BrNO. The lowest BCUT2D eigenvalue weighted by Crippen LogP contribution is -2.23. The number of benzene rings is 2. The van der Waals surface area contributed by atoms with Crippen molar-refractivity contribution in [1.82, 2.24) is 5.32 Å². The van der Waals surface area contributed by atoms with Gasteiger partial charge < -0.3 is 5.32 Å². The number of carbonyl (C=O) groups is 1. The smallest absolute Gasteiger partial charge is 0.230 e. The van der Waals surface area contributed by atoms with E-state index in [-0.39, 0.29) is 5.91 Å². The van der Waals surface area contributed by atoms with Gasteiger partial charge in [0.2, 0.25) is 5.91 Å². The zero-order chi connectivity index (χ0) is 11.4. The Hall–Kier alpha value is -1.35. The van der Waals surface area contributed by atoms with Crippen LogP contribution in [0.25, 0.3) is 10.8 Å². The van der Waals surface area contributed by atoms with Crippen LogP contribution in [0.3, 0.4) is 0 Å². The van der Waals surface area contributed by atoms with Gasteiger partial charge in [-0.25, -0.2) is 0 Å². The molecule has 0 heterocycles. The fourth-order valence-corrected chi connectivity index (χ4v) is 1.79. The molecule has 1 amide bonds. The van der Waals surface area contributed by atoms with Gasteiger partial charge in [0.15, 0.2) is 0 Å². The molecule has 0 aliphatic rings. The Labute approximate surface area is 103 Å². The Morgan fingerprint density at radius 2 is 1.88 bits per heavy atom. The Morgan fingerprint density at radius 3 is 2.62 bits per heavy atom. The van der Waals surface area contributed by atoms with Crippen LogP contribution in [0.2, 0.25) is 0 Å². The number of hydrogen-bond donors (Lipinski definition) is 1. The SMILES string of the molecule is O=C(CBr)NCc1ccc2ccccc2c1. The van der Waals surface area contributed by atoms with E-state index in [1.54, 1.807) is 0 Å². The minimum atomic E-state index is 0.00755. The Morgan fingerprint density at radius 1 is 1.12 bits per heavy atom. The molecule has 3 heteroatoms. The standard InChI is InChI=1S/C13H12BrNO/c14-8-13(16)15-9-10-5-6-11-3-1-2-4-12(11)7-10/h1-7H,8-9H2,(H,15,16). The highest BCUT2D eigenvalue weighted by Crippen LogP contribution is 2.15. The van der Waals surface area contributed by atoms with Gasteiger partial charge in [-0.3, -0.25) is 4.79 Å². The van der Waals surface area contributed by atoms with Crippen molar-refractivity contribution in [2.75, 3.05) is 5.33 Å². The number of rotatable bonds is 3. The fraction of sp³-hybridized carbons (Fsp3) is 0.154. The molecule has 0 radical (unpaired) electrons. The molecule has 2 nitrogen and oxygen atoms in total. The van der Waals surface area contributed by atoms with E-state index < -0.39 is 0 Å². The van der Waals surface area contributed by atoms with E-state index >= 15 is 0 Å². The zero-order valence-electron chi connectivity index (χ0n) is 8.74. The minimum absolute atomic E-state index is 0.00755. The summed E-state index contributed by atoms with van der Waals surface area (Å²) in [6.45, 7) is 0.579. The third-order valence-corrected chi connectivity index (χ3v) is 2.93. The van der Waals surface area contributed by atoms with Crippen LogP contribution in [0, 0.1) is 0 Å². The fourth-order valence-electron chi connectivity index (χ4n) is 1.60. The molecule has 82 valence electrons. The maximum Gasteiger partial charge on any atom is 0.230 e. The summed E-state index contributed by atoms with van der Waals surface area (Å²) < 4.78 is 0. The van der Waals surface area contributed by atoms with Gasteiger partial charge in [0.25, 0.3) is 0 Å². The van der Waals surface area contributed by atoms with E-state index in [2.05, 4.69) is 45.5 Å². The summed E-state index contributed by atoms with van der Waals surface area (Å²) in [5.41, 5.74) is 1.12. The van der Waals surface area contributed by atoms with Gasteiger partial charge in [-0.05, 0) is 22.4 Å². The summed E-state index contributed by atoms with van der Waals surface area (Å²) in [6, 6.07) is 14.4. The number of fused-ring (bicyclic) bond motifs is 1. The molecule has 2 aromatic carbocycles. The van der Waals surface area contributed by atoms with E-state index in [0.29, 0.717) is 11.9 Å². The molecule has 1 N–H and O–H groups in total. The van der Waals surface area contributed by atoms with E-state index in [1.807, 2.05) is 18.2 Å². The molecule has 0 spiro atoms. The molecule has 0 bridgehead atoms. The largest absolute Gasteiger partial charge is 0.351 e. The second kappa shape index (κ2) is 5.12. The maximum absolute atomic E-state index is 11.1. The third kappa shape index (κ3) is 2.61. The van der Waals surface area contributed by atoms with Crippen molar-refractivity contribution < 1.29 is 4.79 Å². The number of carbonyl (C=O) groups excluding carboxylic acids is 1. The van der Waals surface area contributed by atoms with Crippen molar-refractivity contribution in [3.05, 3.63) is 48.0 Å². The predicted molar refractivity (Wildman–Crippen MR) is 69.6 cm³/mol.